The number of nitrogens with zero attached hydrogens (tertiary/aromatic N) is 2. The highest BCUT2D eigenvalue weighted by atomic mass is 19.1. The Labute approximate surface area is 261 Å². The molecule has 0 saturated carbocycles. The Morgan fingerprint density at radius 1 is 0.800 bits per heavy atom. The standard InChI is InChI=1S/C39H31FN2O3/c1-2-44-31-21-17-27(18-22-31)34-32-14-9-23-41-36(32)38(45-37(28-10-5-3-6-11-28)29-12-7-4-8-13-29)35-33(34)25-42(39(35)43)24-26-15-19-30(40)20-16-26/h3-23,37H,2,24-25H2,1H3. The van der Waals surface area contributed by atoms with Crippen molar-refractivity contribution in [3.05, 3.63) is 161 Å². The second-order valence-electron chi connectivity index (χ2n) is 11.0. The highest BCUT2D eigenvalue weighted by Crippen LogP contribution is 2.47. The Kier molecular flexibility index (Phi) is 7.70. The smallest absolute Gasteiger partial charge is 0.258 e. The zero-order chi connectivity index (χ0) is 30.8. The molecule has 0 N–H and O–H groups in total. The van der Waals surface area contributed by atoms with E-state index in [1.165, 1.54) is 12.1 Å². The summed E-state index contributed by atoms with van der Waals surface area (Å²) < 4.78 is 26.4. The van der Waals surface area contributed by atoms with Gasteiger partial charge in [-0.3, -0.25) is 9.78 Å². The summed E-state index contributed by atoms with van der Waals surface area (Å²) in [7, 11) is 0. The molecule has 1 amide bonds. The van der Waals surface area contributed by atoms with Crippen LogP contribution in [0.4, 0.5) is 4.39 Å². The Morgan fingerprint density at radius 3 is 2.11 bits per heavy atom. The third kappa shape index (κ3) is 5.51. The summed E-state index contributed by atoms with van der Waals surface area (Å²) in [5.41, 5.74) is 6.67. The SMILES string of the molecule is CCOc1ccc(-c2c3c(c(OC(c4ccccc4)c4ccccc4)c4ncccc24)C(=O)N(Cc2ccc(F)cc2)C3)cc1. The molecule has 6 aromatic rings. The third-order valence-electron chi connectivity index (χ3n) is 8.15. The van der Waals surface area contributed by atoms with Gasteiger partial charge in [0, 0.05) is 24.7 Å². The molecule has 0 aliphatic carbocycles. The van der Waals surface area contributed by atoms with Crippen LogP contribution in [0.3, 0.4) is 0 Å². The number of carbonyl (C=O) groups excluding carboxylic acids is 1. The van der Waals surface area contributed by atoms with Gasteiger partial charge in [0.05, 0.1) is 12.2 Å². The van der Waals surface area contributed by atoms with Gasteiger partial charge in [0.1, 0.15) is 23.2 Å². The number of benzene rings is 5. The van der Waals surface area contributed by atoms with Crippen molar-refractivity contribution in [2.75, 3.05) is 6.61 Å². The van der Waals surface area contributed by atoms with Crippen LogP contribution >= 0.6 is 0 Å². The van der Waals surface area contributed by atoms with Gasteiger partial charge < -0.3 is 14.4 Å². The van der Waals surface area contributed by atoms with Crippen LogP contribution in [-0.2, 0) is 13.1 Å². The molecule has 5 nitrogen and oxygen atoms in total. The van der Waals surface area contributed by atoms with E-state index in [4.69, 9.17) is 14.5 Å². The highest BCUT2D eigenvalue weighted by molar-refractivity contribution is 6.12. The van der Waals surface area contributed by atoms with Crippen LogP contribution < -0.4 is 9.47 Å². The Hall–Kier alpha value is -5.49. The largest absolute Gasteiger partial charge is 0.494 e. The zero-order valence-electron chi connectivity index (χ0n) is 24.8. The first-order valence-corrected chi connectivity index (χ1v) is 15.1. The van der Waals surface area contributed by atoms with Gasteiger partial charge in [-0.15, -0.1) is 0 Å². The van der Waals surface area contributed by atoms with Gasteiger partial charge in [-0.2, -0.15) is 0 Å². The van der Waals surface area contributed by atoms with Gasteiger partial charge in [0.15, 0.2) is 5.75 Å². The lowest BCUT2D eigenvalue weighted by molar-refractivity contribution is 0.0762. The second-order valence-corrected chi connectivity index (χ2v) is 11.0. The Balaban J connectivity index is 1.43. The predicted octanol–water partition coefficient (Wildman–Crippen LogP) is 8.76. The van der Waals surface area contributed by atoms with Gasteiger partial charge in [-0.25, -0.2) is 4.39 Å². The minimum atomic E-state index is -0.475. The fraction of sp³-hybridized carbons (Fsp3) is 0.128. The van der Waals surface area contributed by atoms with Crippen molar-refractivity contribution in [3.63, 3.8) is 0 Å². The van der Waals surface area contributed by atoms with Gasteiger partial charge >= 0.3 is 0 Å². The molecule has 6 heteroatoms. The summed E-state index contributed by atoms with van der Waals surface area (Å²) in [6.45, 7) is 3.24. The van der Waals surface area contributed by atoms with E-state index >= 15 is 0 Å². The summed E-state index contributed by atoms with van der Waals surface area (Å²) in [4.78, 5) is 21.1. The molecule has 1 aliphatic heterocycles. The number of ether oxygens (including phenoxy) is 2. The number of aromatic nitrogens is 1. The summed E-state index contributed by atoms with van der Waals surface area (Å²) in [6.07, 6.45) is 1.26. The molecular formula is C39H31FN2O3. The molecule has 45 heavy (non-hydrogen) atoms. The van der Waals surface area contributed by atoms with E-state index in [-0.39, 0.29) is 11.7 Å². The lowest BCUT2D eigenvalue weighted by Crippen LogP contribution is -2.23. The van der Waals surface area contributed by atoms with Gasteiger partial charge in [0.25, 0.3) is 5.91 Å². The molecule has 0 spiro atoms. The van der Waals surface area contributed by atoms with Crippen molar-refractivity contribution in [2.24, 2.45) is 0 Å². The quantitative estimate of drug-likeness (QED) is 0.168. The van der Waals surface area contributed by atoms with Gasteiger partial charge in [-0.1, -0.05) is 91.0 Å². The number of fused-ring (bicyclic) bond motifs is 2. The average molecular weight is 595 g/mol. The topological polar surface area (TPSA) is 51.7 Å². The van der Waals surface area contributed by atoms with Crippen LogP contribution in [-0.4, -0.2) is 22.4 Å². The van der Waals surface area contributed by atoms with Crippen molar-refractivity contribution in [3.8, 4) is 22.6 Å². The molecule has 0 atom stereocenters. The summed E-state index contributed by atoms with van der Waals surface area (Å²) in [5, 5.41) is 0.895. The monoisotopic (exact) mass is 594 g/mol. The molecule has 5 aromatic carbocycles. The van der Waals surface area contributed by atoms with Crippen LogP contribution in [0.25, 0.3) is 22.0 Å². The van der Waals surface area contributed by atoms with Crippen molar-refractivity contribution in [1.82, 2.24) is 9.88 Å². The maximum absolute atomic E-state index is 14.4. The van der Waals surface area contributed by atoms with E-state index in [9.17, 15) is 9.18 Å². The number of hydrogen-bond acceptors (Lipinski definition) is 4. The minimum absolute atomic E-state index is 0.149. The number of rotatable bonds is 9. The minimum Gasteiger partial charge on any atom is -0.494 e. The van der Waals surface area contributed by atoms with Crippen LogP contribution in [0.15, 0.2) is 128 Å². The van der Waals surface area contributed by atoms with Crippen LogP contribution in [0.1, 0.15) is 45.6 Å². The summed E-state index contributed by atoms with van der Waals surface area (Å²) in [6, 6.07) is 38.2. The van der Waals surface area contributed by atoms with E-state index < -0.39 is 6.10 Å². The number of amides is 1. The molecule has 222 valence electrons. The van der Waals surface area contributed by atoms with Crippen molar-refractivity contribution >= 4 is 16.8 Å². The van der Waals surface area contributed by atoms with E-state index in [2.05, 4.69) is 0 Å². The van der Waals surface area contributed by atoms with E-state index in [0.29, 0.717) is 36.5 Å². The first-order valence-electron chi connectivity index (χ1n) is 15.1. The van der Waals surface area contributed by atoms with Crippen LogP contribution in [0, 0.1) is 5.82 Å². The third-order valence-corrected chi connectivity index (χ3v) is 8.15. The summed E-state index contributed by atoms with van der Waals surface area (Å²) in [5.74, 6) is 0.778. The molecule has 0 radical (unpaired) electrons. The van der Waals surface area contributed by atoms with Crippen molar-refractivity contribution in [2.45, 2.75) is 26.1 Å². The molecule has 2 heterocycles. The molecular weight excluding hydrogens is 563 g/mol. The number of hydrogen-bond donors (Lipinski definition) is 0. The predicted molar refractivity (Wildman–Crippen MR) is 174 cm³/mol. The normalized spacial score (nSPS) is 12.5. The molecule has 0 bridgehead atoms. The van der Waals surface area contributed by atoms with E-state index in [1.807, 2.05) is 104 Å². The Morgan fingerprint density at radius 2 is 1.47 bits per heavy atom. The highest BCUT2D eigenvalue weighted by Gasteiger charge is 2.37. The average Bonchev–Trinajstić information content (AvgIpc) is 3.40. The fourth-order valence-electron chi connectivity index (χ4n) is 6.10. The molecule has 1 aliphatic rings. The van der Waals surface area contributed by atoms with Crippen LogP contribution in [0.2, 0.25) is 0 Å². The number of halogens is 1. The van der Waals surface area contributed by atoms with Gasteiger partial charge in [-0.05, 0) is 70.6 Å². The summed E-state index contributed by atoms with van der Waals surface area (Å²) >= 11 is 0. The van der Waals surface area contributed by atoms with Crippen molar-refractivity contribution in [1.29, 1.82) is 0 Å². The molecule has 0 unspecified atom stereocenters. The fourth-order valence-corrected chi connectivity index (χ4v) is 6.10. The first kappa shape index (κ1) is 28.3. The van der Waals surface area contributed by atoms with E-state index in [1.54, 1.807) is 23.2 Å². The van der Waals surface area contributed by atoms with Gasteiger partial charge in [0.2, 0.25) is 0 Å². The molecule has 0 saturated heterocycles. The molecule has 7 rings (SSSR count). The number of pyridine rings is 1. The van der Waals surface area contributed by atoms with Crippen molar-refractivity contribution < 1.29 is 18.7 Å². The first-order chi connectivity index (χ1) is 22.1. The van der Waals surface area contributed by atoms with Crippen LogP contribution in [0.5, 0.6) is 11.5 Å². The molecule has 0 fully saturated rings. The molecule has 1 aromatic heterocycles. The maximum atomic E-state index is 14.4. The second kappa shape index (κ2) is 12.2. The Bertz CT molecular complexity index is 1920. The lowest BCUT2D eigenvalue weighted by Gasteiger charge is -2.23. The van der Waals surface area contributed by atoms with E-state index in [0.717, 1.165) is 44.5 Å². The zero-order valence-corrected chi connectivity index (χ0v) is 24.8. The lowest BCUT2D eigenvalue weighted by atomic mass is 9.91. The number of carbonyl (C=O) groups is 1. The maximum Gasteiger partial charge on any atom is 0.258 e.